The number of thiazole rings is 1. The molecule has 119 heavy (non-hydrogen) atoms. The molecule has 15 rings (SSSR count). The number of nitrogens with zero attached hydrogens (tertiary/aromatic N) is 11. The molecule has 9 N–H and O–H groups in total. The van der Waals surface area contributed by atoms with Crippen molar-refractivity contribution >= 4 is 70.2 Å². The number of aliphatic hydroxyl groups is 3. The number of hydrogen-bond donors (Lipinski definition) is 8. The van der Waals surface area contributed by atoms with Crippen LogP contribution in [0, 0.1) is 23.4 Å². The average Bonchev–Trinajstić information content (AvgIpc) is 1.55. The number of halogens is 10. The van der Waals surface area contributed by atoms with Gasteiger partial charge in [-0.2, -0.15) is 36.5 Å². The van der Waals surface area contributed by atoms with Gasteiger partial charge < -0.3 is 70.3 Å². The number of alkyl halides is 6. The summed E-state index contributed by atoms with van der Waals surface area (Å²) in [5.41, 5.74) is 3.90. The van der Waals surface area contributed by atoms with Gasteiger partial charge in [-0.3, -0.25) is 18.9 Å². The topological polar surface area (TPSA) is 382 Å². The Morgan fingerprint density at radius 3 is 2.18 bits per heavy atom. The van der Waals surface area contributed by atoms with E-state index in [-0.39, 0.29) is 72.1 Å². The Labute approximate surface area is 682 Å². The molecule has 9 heterocycles. The van der Waals surface area contributed by atoms with Crippen LogP contribution in [0.3, 0.4) is 0 Å². The summed E-state index contributed by atoms with van der Waals surface area (Å²) in [6.07, 6.45) is -4.55. The summed E-state index contributed by atoms with van der Waals surface area (Å²) < 4.78 is 164. The number of anilines is 1. The highest BCUT2D eigenvalue weighted by atomic mass is 35.5. The highest BCUT2D eigenvalue weighted by Gasteiger charge is 2.66. The van der Waals surface area contributed by atoms with Crippen LogP contribution in [0.1, 0.15) is 137 Å². The molecule has 3 saturated heterocycles. The maximum Gasteiger partial charge on any atom is 0.417 e. The van der Waals surface area contributed by atoms with E-state index in [2.05, 4.69) is 46.2 Å². The lowest BCUT2D eigenvalue weighted by Gasteiger charge is -2.31. The van der Waals surface area contributed by atoms with Gasteiger partial charge in [-0.1, -0.05) is 68.0 Å². The predicted octanol–water partition coefficient (Wildman–Crippen LogP) is 13.3. The number of amides is 4. The Kier molecular flexibility index (Phi) is 26.3. The first-order valence-corrected chi connectivity index (χ1v) is 41.2. The molecule has 28 nitrogen and oxygen atoms in total. The Morgan fingerprint density at radius 2 is 1.50 bits per heavy atom. The van der Waals surface area contributed by atoms with Gasteiger partial charge >= 0.3 is 18.4 Å². The molecule has 4 aromatic carbocycles. The number of fused-ring (bicyclic) bond motifs is 4. The second-order valence-electron chi connectivity index (χ2n) is 29.8. The summed E-state index contributed by atoms with van der Waals surface area (Å²) in [6.45, 7) is 3.65. The van der Waals surface area contributed by atoms with E-state index in [0.717, 1.165) is 74.2 Å². The summed E-state index contributed by atoms with van der Waals surface area (Å²) in [6, 6.07) is 18.1. The fraction of sp³-hybridized carbons (Fsp3) is 0.418. The number of imidazole rings is 1. The lowest BCUT2D eigenvalue weighted by molar-refractivity contribution is -0.142. The molecule has 4 aromatic heterocycles. The van der Waals surface area contributed by atoms with Crippen molar-refractivity contribution in [2.75, 3.05) is 25.6 Å². The van der Waals surface area contributed by atoms with Crippen LogP contribution in [0.5, 0.6) is 11.5 Å². The summed E-state index contributed by atoms with van der Waals surface area (Å²) in [7, 11) is -3.06. The predicted molar refractivity (Wildman–Crippen MR) is 415 cm³/mol. The molecule has 5 aliphatic heterocycles. The molecular formula is C79H82ClF9N15O13PS. The van der Waals surface area contributed by atoms with Gasteiger partial charge in [0.1, 0.15) is 99.6 Å². The molecule has 1 unspecified atom stereocenters. The number of nitrogens with two attached hydrogens (primary N) is 1. The summed E-state index contributed by atoms with van der Waals surface area (Å²) in [5, 5.41) is 50.2. The van der Waals surface area contributed by atoms with Crippen LogP contribution in [-0.2, 0) is 48.7 Å². The van der Waals surface area contributed by atoms with Gasteiger partial charge in [0.25, 0.3) is 5.91 Å². The van der Waals surface area contributed by atoms with Crippen LogP contribution in [0.4, 0.5) is 49.4 Å². The third-order valence-corrected chi connectivity index (χ3v) is 24.9. The number of methoxy groups -OCH3 is 1. The standard InChI is InChI=1S/C46H56ClF2N6O8PS.C25H14F7N5.C8H12N4O5/c1-26(2)50-44-52-36(25-65-44)35-21-39(30-18-19-38(61-3)40(47)41(30)51-35)62-29-20-37-42(56)54-46(64(59,60)24-31-32(48)15-11-16-33(31)49)22-27(46)12-7-5-4-6-8-17-34(43(57)55(37)23-29)53-45(58)63-28-13-9-10-14-28;26-19-4-2-1-3-17(19)23-33-21-9-10-37(13-22(21)34-23)12-15-6-8-20(36-35-15)16-7-5-14(24(27,28)29)11-18(16)25(30,31)32;9-6(16)7-10-2-12(11-7)8-5(15)4(14)3(1-13)17-8/h11,15-16,18-19,21,25-29,34,37H,4-10,12-14,17,20,22-24H2,1-3H3,(H,50,52)(H,53,58)(H,54,56)(H,59,60);1-11,13H,12H2;2-5,8,13-15H,1H2,(H2,9,16)/t27-,29-,34+,37+,46-;;3-,4-,5-,8-/m1.1/s1. The molecule has 8 aromatic rings. The van der Waals surface area contributed by atoms with Crippen LogP contribution >= 0.6 is 30.3 Å². The van der Waals surface area contributed by atoms with Crippen molar-refractivity contribution in [1.29, 1.82) is 0 Å². The van der Waals surface area contributed by atoms with E-state index < -0.39 is 150 Å². The summed E-state index contributed by atoms with van der Waals surface area (Å²) >= 11 is 8.28. The van der Waals surface area contributed by atoms with E-state index in [1.807, 2.05) is 19.2 Å². The molecule has 40 heteroatoms. The number of carbonyl (C=O) groups is 4. The van der Waals surface area contributed by atoms with Gasteiger partial charge in [-0.25, -0.2) is 47.6 Å². The van der Waals surface area contributed by atoms with Crippen molar-refractivity contribution in [3.8, 4) is 56.9 Å². The zero-order valence-corrected chi connectivity index (χ0v) is 66.4. The van der Waals surface area contributed by atoms with Gasteiger partial charge in [-0.15, -0.1) is 16.4 Å². The van der Waals surface area contributed by atoms with E-state index in [9.17, 15) is 78.4 Å². The normalized spacial score (nSPS) is 22.3. The first-order chi connectivity index (χ1) is 56.7. The summed E-state index contributed by atoms with van der Waals surface area (Å²) in [4.78, 5) is 89.0. The number of pyridine rings is 2. The number of alkyl carbamates (subject to hydrolysis) is 1. The first-order valence-electron chi connectivity index (χ1n) is 38.1. The number of ether oxygens (including phenoxy) is 4. The molecule has 10 atom stereocenters. The zero-order chi connectivity index (χ0) is 85.0. The molecule has 0 bridgehead atoms. The smallest absolute Gasteiger partial charge is 0.417 e. The molecule has 5 fully saturated rings. The zero-order valence-electron chi connectivity index (χ0n) is 63.9. The molecule has 4 amide bonds. The quantitative estimate of drug-likeness (QED) is 0.0292. The Bertz CT molecular complexity index is 5340. The van der Waals surface area contributed by atoms with E-state index in [4.69, 9.17) is 51.4 Å². The minimum Gasteiger partial charge on any atom is -0.495 e. The maximum absolute atomic E-state index is 15.0. The van der Waals surface area contributed by atoms with Gasteiger partial charge in [0.15, 0.2) is 17.2 Å². The minimum absolute atomic E-state index is 0.0442. The number of aliphatic hydroxyl groups excluding tert-OH is 3. The van der Waals surface area contributed by atoms with Crippen molar-refractivity contribution < 1.29 is 102 Å². The first kappa shape index (κ1) is 86.4. The number of carbonyl (C=O) groups excluding carboxylic acids is 4. The van der Waals surface area contributed by atoms with Crippen molar-refractivity contribution in [3.05, 3.63) is 172 Å². The fourth-order valence-corrected chi connectivity index (χ4v) is 18.6. The van der Waals surface area contributed by atoms with Gasteiger partial charge in [0.2, 0.25) is 25.0 Å². The minimum atomic E-state index is -5.02. The van der Waals surface area contributed by atoms with Crippen molar-refractivity contribution in [2.24, 2.45) is 11.7 Å². The lowest BCUT2D eigenvalue weighted by Crippen LogP contribution is -2.55. The number of nitrogens with one attached hydrogen (secondary N) is 3. The molecule has 2 aliphatic carbocycles. The van der Waals surface area contributed by atoms with E-state index in [1.54, 1.807) is 59.4 Å². The third-order valence-electron chi connectivity index (χ3n) is 21.1. The number of primary amides is 1. The number of aromatic nitrogens is 10. The second-order valence-corrected chi connectivity index (χ2v) is 33.5. The molecule has 632 valence electrons. The van der Waals surface area contributed by atoms with Crippen molar-refractivity contribution in [1.82, 2.24) is 65.0 Å². The van der Waals surface area contributed by atoms with E-state index in [1.165, 1.54) is 47.6 Å². The summed E-state index contributed by atoms with van der Waals surface area (Å²) in [5.74, 6) is -4.11. The third kappa shape index (κ3) is 19.7. The van der Waals surface area contributed by atoms with Crippen molar-refractivity contribution in [2.45, 2.75) is 183 Å². The maximum atomic E-state index is 15.0. The number of benzene rings is 4. The molecule has 0 spiro atoms. The van der Waals surface area contributed by atoms with Gasteiger partial charge in [0.05, 0.1) is 78.0 Å². The van der Waals surface area contributed by atoms with Crippen LogP contribution in [0.2, 0.25) is 5.02 Å². The van der Waals surface area contributed by atoms with Crippen LogP contribution in [0.15, 0.2) is 121 Å². The fourth-order valence-electron chi connectivity index (χ4n) is 15.0. The van der Waals surface area contributed by atoms with E-state index in [0.29, 0.717) is 87.8 Å². The van der Waals surface area contributed by atoms with Crippen LogP contribution in [-0.4, -0.2) is 173 Å². The highest BCUT2D eigenvalue weighted by molar-refractivity contribution is 7.59. The molecule has 0 radical (unpaired) electrons. The van der Waals surface area contributed by atoms with Crippen LogP contribution < -0.4 is 31.2 Å². The second kappa shape index (κ2) is 36.2. The Morgan fingerprint density at radius 1 is 0.790 bits per heavy atom. The van der Waals surface area contributed by atoms with Gasteiger partial charge in [-0.05, 0) is 131 Å². The van der Waals surface area contributed by atoms with Crippen LogP contribution in [0.25, 0.3) is 56.3 Å². The SMILES string of the molecule is COc1ccc2c(O[C@@H]3C[C@H]4C(=O)N[C@@]5(P(=O)(O)Cc6c(F)cccc6F)C[C@H]5CCCCCCC[C@H](NC(=O)OC5CCCC5)C(=O)N4C3)cc(-c3csc(NC(C)C)n3)nc2c1Cl.Fc1ccccc1-c1nc2ccn(Cc3ccc(-c4ccc(C(F)(F)F)cc4C(F)(F)F)nn3)cc-2n1.NC(=O)c1ncn([C@@H]2O[C@H](CO)[C@@H](O)[C@H]2O)n1. The number of hydrogen-bond acceptors (Lipinski definition) is 22. The van der Waals surface area contributed by atoms with E-state index >= 15 is 0 Å². The Hall–Kier alpha value is -10.5. The molecule has 7 aliphatic rings. The monoisotopic (exact) mass is 1720 g/mol. The number of rotatable bonds is 18. The van der Waals surface area contributed by atoms with Gasteiger partial charge in [0, 0.05) is 52.8 Å². The molecule has 2 saturated carbocycles. The Balaban J connectivity index is 0.000000188. The van der Waals surface area contributed by atoms with Crippen molar-refractivity contribution in [3.63, 3.8) is 0 Å². The molecular weight excluding hydrogens is 1640 g/mol. The largest absolute Gasteiger partial charge is 0.495 e. The average molecular weight is 1720 g/mol. The lowest BCUT2D eigenvalue weighted by atomic mass is 10.00. The highest BCUT2D eigenvalue weighted by Crippen LogP contribution is 2.72.